The minimum atomic E-state index is -3.85. The molecular weight excluding hydrogens is 501 g/mol. The van der Waals surface area contributed by atoms with Crippen LogP contribution in [0.1, 0.15) is 11.1 Å². The van der Waals surface area contributed by atoms with E-state index in [1.165, 1.54) is 23.1 Å². The fourth-order valence-corrected chi connectivity index (χ4v) is 5.59. The van der Waals surface area contributed by atoms with Gasteiger partial charge in [-0.15, -0.1) is 0 Å². The smallest absolute Gasteiger partial charge is 0.242 e. The monoisotopic (exact) mass is 525 g/mol. The van der Waals surface area contributed by atoms with E-state index in [2.05, 4.69) is 20.9 Å². The highest BCUT2D eigenvalue weighted by Gasteiger charge is 2.21. The highest BCUT2D eigenvalue weighted by Crippen LogP contribution is 2.29. The lowest BCUT2D eigenvalue weighted by Crippen LogP contribution is -2.42. The van der Waals surface area contributed by atoms with Gasteiger partial charge >= 0.3 is 0 Å². The molecule has 0 aromatic heterocycles. The van der Waals surface area contributed by atoms with Gasteiger partial charge in [-0.2, -0.15) is 0 Å². The number of carbonyl (C=O) groups excluding carboxylic acids is 2. The van der Waals surface area contributed by atoms with Gasteiger partial charge in [-0.05, 0) is 17.7 Å². The Hall–Kier alpha value is -2.66. The van der Waals surface area contributed by atoms with E-state index < -0.39 is 21.6 Å². The Morgan fingerprint density at radius 3 is 2.38 bits per heavy atom. The van der Waals surface area contributed by atoms with Crippen LogP contribution in [0.4, 0.5) is 0 Å². The van der Waals surface area contributed by atoms with Crippen molar-refractivity contribution in [2.45, 2.75) is 11.4 Å². The molecule has 0 spiro atoms. The Labute approximate surface area is 208 Å². The summed E-state index contributed by atoms with van der Waals surface area (Å²) in [4.78, 5) is 30.1. The summed E-state index contributed by atoms with van der Waals surface area (Å²) in [5.41, 5.74) is 1.93. The predicted molar refractivity (Wildman–Crippen MR) is 132 cm³/mol. The molecule has 0 atom stereocenters. The molecule has 1 heterocycles. The average molecular weight is 526 g/mol. The van der Waals surface area contributed by atoms with E-state index in [1.54, 1.807) is 7.05 Å². The molecule has 1 aliphatic heterocycles. The number of rotatable bonds is 10. The maximum absolute atomic E-state index is 12.4. The van der Waals surface area contributed by atoms with Crippen LogP contribution < -0.4 is 16.0 Å². The predicted octanol–water partition coefficient (Wildman–Crippen LogP) is 1.44. The van der Waals surface area contributed by atoms with Crippen molar-refractivity contribution >= 4 is 50.7 Å². The third kappa shape index (κ3) is 6.92. The van der Waals surface area contributed by atoms with Crippen molar-refractivity contribution in [2.24, 2.45) is 4.99 Å². The van der Waals surface area contributed by atoms with Gasteiger partial charge in [-0.25, -0.2) is 8.42 Å². The molecule has 2 aromatic carbocycles. The van der Waals surface area contributed by atoms with Crippen LogP contribution in [0.3, 0.4) is 0 Å². The summed E-state index contributed by atoms with van der Waals surface area (Å²) in [6.45, 7) is 1.47. The number of sulfone groups is 1. The first-order valence-electron chi connectivity index (χ1n) is 10.4. The number of hydrogen-bond acceptors (Lipinski definition) is 7. The van der Waals surface area contributed by atoms with Crippen LogP contribution in [0.25, 0.3) is 0 Å². The quantitative estimate of drug-likeness (QED) is 0.431. The molecule has 0 saturated heterocycles. The molecule has 0 aliphatic carbocycles. The molecule has 0 radical (unpaired) electrons. The van der Waals surface area contributed by atoms with E-state index in [0.717, 1.165) is 30.1 Å². The largest absolute Gasteiger partial charge is 0.368 e. The van der Waals surface area contributed by atoms with E-state index in [-0.39, 0.29) is 33.9 Å². The van der Waals surface area contributed by atoms with Crippen molar-refractivity contribution in [1.29, 1.82) is 0 Å². The van der Waals surface area contributed by atoms with Gasteiger partial charge in [-0.1, -0.05) is 53.5 Å². The number of amides is 2. The fraction of sp³-hybridized carbons (Fsp3) is 0.318. The molecule has 1 aliphatic rings. The number of hydrogen-bond donors (Lipinski definition) is 3. The van der Waals surface area contributed by atoms with Crippen molar-refractivity contribution in [3.05, 3.63) is 63.6 Å². The van der Waals surface area contributed by atoms with Gasteiger partial charge in [0.2, 0.25) is 11.8 Å². The van der Waals surface area contributed by atoms with Crippen LogP contribution in [0.15, 0.2) is 52.4 Å². The first kappa shape index (κ1) is 26.0. The third-order valence-corrected chi connectivity index (χ3v) is 7.49. The van der Waals surface area contributed by atoms with Gasteiger partial charge < -0.3 is 15.5 Å². The van der Waals surface area contributed by atoms with E-state index in [4.69, 9.17) is 23.2 Å². The number of nitrogens with one attached hydrogen (secondary N) is 3. The van der Waals surface area contributed by atoms with Crippen LogP contribution in [-0.2, 0) is 26.0 Å². The lowest BCUT2D eigenvalue weighted by atomic mass is 10.1. The zero-order chi connectivity index (χ0) is 24.7. The van der Waals surface area contributed by atoms with Crippen LogP contribution in [0.2, 0.25) is 10.0 Å². The van der Waals surface area contributed by atoms with E-state index >= 15 is 0 Å². The van der Waals surface area contributed by atoms with Crippen molar-refractivity contribution in [3.63, 3.8) is 0 Å². The van der Waals surface area contributed by atoms with Gasteiger partial charge in [0, 0.05) is 25.7 Å². The Morgan fingerprint density at radius 2 is 1.76 bits per heavy atom. The Kier molecular flexibility index (Phi) is 8.90. The highest BCUT2D eigenvalue weighted by atomic mass is 35.5. The van der Waals surface area contributed by atoms with Crippen LogP contribution in [-0.4, -0.2) is 70.1 Å². The number of halogens is 2. The molecule has 3 N–H and O–H groups in total. The molecular formula is C22H25Cl2N5O4S. The number of amidine groups is 1. The number of carbonyl (C=O) groups is 2. The molecule has 34 heavy (non-hydrogen) atoms. The number of benzene rings is 2. The minimum absolute atomic E-state index is 0.00554. The van der Waals surface area contributed by atoms with Gasteiger partial charge in [0.05, 0.1) is 29.7 Å². The Morgan fingerprint density at radius 1 is 1.09 bits per heavy atom. The lowest BCUT2D eigenvalue weighted by molar-refractivity contribution is -0.132. The molecule has 2 aromatic rings. The van der Waals surface area contributed by atoms with Crippen LogP contribution in [0.5, 0.6) is 0 Å². The standard InChI is InChI=1S/C22H25Cl2N5O4S/c1-29(13-15-5-7-16(8-6-15)22-26-9-10-27-22)20(31)12-28-19(30)11-25-14-34(32,33)21-17(23)3-2-4-18(21)24/h2-8,25H,9-14H2,1H3,(H,26,27)(H,28,30). The van der Waals surface area contributed by atoms with E-state index in [9.17, 15) is 18.0 Å². The zero-order valence-electron chi connectivity index (χ0n) is 18.5. The maximum Gasteiger partial charge on any atom is 0.242 e. The molecule has 2 amide bonds. The van der Waals surface area contributed by atoms with Crippen LogP contribution in [0, 0.1) is 0 Å². The van der Waals surface area contributed by atoms with Gasteiger partial charge in [0.25, 0.3) is 0 Å². The number of likely N-dealkylation sites (N-methyl/N-ethyl adjacent to an activating group) is 1. The van der Waals surface area contributed by atoms with Gasteiger partial charge in [-0.3, -0.25) is 19.9 Å². The first-order chi connectivity index (χ1) is 16.2. The highest BCUT2D eigenvalue weighted by molar-refractivity contribution is 7.91. The lowest BCUT2D eigenvalue weighted by Gasteiger charge is -2.18. The third-order valence-electron chi connectivity index (χ3n) is 4.99. The summed E-state index contributed by atoms with van der Waals surface area (Å²) < 4.78 is 24.9. The summed E-state index contributed by atoms with van der Waals surface area (Å²) in [6, 6.07) is 12.1. The molecule has 0 fully saturated rings. The Balaban J connectivity index is 1.41. The van der Waals surface area contributed by atoms with Crippen molar-refractivity contribution in [3.8, 4) is 0 Å². The summed E-state index contributed by atoms with van der Waals surface area (Å²) in [5, 5.41) is 8.24. The second-order valence-electron chi connectivity index (χ2n) is 7.62. The summed E-state index contributed by atoms with van der Waals surface area (Å²) in [6.07, 6.45) is 0. The summed E-state index contributed by atoms with van der Waals surface area (Å²) in [5.74, 6) is -0.462. The molecule has 3 rings (SSSR count). The molecule has 0 saturated carbocycles. The topological polar surface area (TPSA) is 120 Å². The van der Waals surface area contributed by atoms with Crippen molar-refractivity contribution in [1.82, 2.24) is 20.9 Å². The van der Waals surface area contributed by atoms with Gasteiger partial charge in [0.1, 0.15) is 16.6 Å². The maximum atomic E-state index is 12.4. The molecule has 12 heteroatoms. The van der Waals surface area contributed by atoms with E-state index in [1.807, 2.05) is 24.3 Å². The van der Waals surface area contributed by atoms with Crippen molar-refractivity contribution < 1.29 is 18.0 Å². The second kappa shape index (κ2) is 11.7. The van der Waals surface area contributed by atoms with Crippen molar-refractivity contribution in [2.75, 3.05) is 39.1 Å². The molecule has 0 unspecified atom stereocenters. The normalized spacial score (nSPS) is 13.2. The SMILES string of the molecule is CN(Cc1ccc(C2=NCCN2)cc1)C(=O)CNC(=O)CNCS(=O)(=O)c1c(Cl)cccc1Cl. The number of nitrogens with zero attached hydrogens (tertiary/aromatic N) is 2. The van der Waals surface area contributed by atoms with Crippen LogP contribution >= 0.6 is 23.2 Å². The summed E-state index contributed by atoms with van der Waals surface area (Å²) >= 11 is 11.9. The number of aliphatic imine (C=N–C) groups is 1. The summed E-state index contributed by atoms with van der Waals surface area (Å²) in [7, 11) is -2.20. The van der Waals surface area contributed by atoms with E-state index in [0.29, 0.717) is 6.54 Å². The fourth-order valence-electron chi connectivity index (χ4n) is 3.24. The molecule has 182 valence electrons. The Bertz CT molecular complexity index is 1170. The van der Waals surface area contributed by atoms with Gasteiger partial charge in [0.15, 0.2) is 9.84 Å². The average Bonchev–Trinajstić information content (AvgIpc) is 3.32. The first-order valence-corrected chi connectivity index (χ1v) is 12.8. The second-order valence-corrected chi connectivity index (χ2v) is 10.4. The molecule has 9 nitrogen and oxygen atoms in total. The molecule has 0 bridgehead atoms. The minimum Gasteiger partial charge on any atom is -0.368 e. The zero-order valence-corrected chi connectivity index (χ0v) is 20.8.